The van der Waals surface area contributed by atoms with E-state index in [1.54, 1.807) is 19.2 Å². The van der Waals surface area contributed by atoms with Gasteiger partial charge in [0.1, 0.15) is 17.2 Å². The van der Waals surface area contributed by atoms with Gasteiger partial charge in [-0.25, -0.2) is 0 Å². The van der Waals surface area contributed by atoms with E-state index in [1.165, 1.54) is 0 Å². The second-order valence-electron chi connectivity index (χ2n) is 5.11. The van der Waals surface area contributed by atoms with Crippen LogP contribution in [0.4, 0.5) is 0 Å². The highest BCUT2D eigenvalue weighted by Crippen LogP contribution is 2.31. The van der Waals surface area contributed by atoms with Gasteiger partial charge in [0.2, 0.25) is 5.91 Å². The van der Waals surface area contributed by atoms with E-state index in [1.807, 2.05) is 31.2 Å². The minimum Gasteiger partial charge on any atom is -0.497 e. The standard InChI is InChI=1S/C18H21NO3/c1-4-6-15-12(2)17(10-9-16(15)18(19)20)22-14-8-5-7-13(11-14)21-3/h5,7-11H,4,6H2,1-3H3,(H2,19,20). The highest BCUT2D eigenvalue weighted by atomic mass is 16.5. The predicted molar refractivity (Wildman–Crippen MR) is 86.8 cm³/mol. The van der Waals surface area contributed by atoms with Crippen molar-refractivity contribution in [1.29, 1.82) is 0 Å². The third kappa shape index (κ3) is 3.39. The monoisotopic (exact) mass is 299 g/mol. The minimum absolute atomic E-state index is 0.403. The molecule has 2 aromatic carbocycles. The van der Waals surface area contributed by atoms with E-state index in [-0.39, 0.29) is 0 Å². The maximum Gasteiger partial charge on any atom is 0.248 e. The predicted octanol–water partition coefficient (Wildman–Crippen LogP) is 3.85. The Balaban J connectivity index is 2.39. The molecule has 2 N–H and O–H groups in total. The van der Waals surface area contributed by atoms with Crippen molar-refractivity contribution in [2.45, 2.75) is 26.7 Å². The fourth-order valence-electron chi connectivity index (χ4n) is 2.44. The van der Waals surface area contributed by atoms with Gasteiger partial charge < -0.3 is 15.2 Å². The van der Waals surface area contributed by atoms with Gasteiger partial charge in [-0.3, -0.25) is 4.79 Å². The van der Waals surface area contributed by atoms with Crippen LogP contribution in [0.2, 0.25) is 0 Å². The Bertz CT molecular complexity index is 680. The molecule has 2 rings (SSSR count). The first-order valence-corrected chi connectivity index (χ1v) is 7.31. The molecule has 4 heteroatoms. The van der Waals surface area contributed by atoms with Gasteiger partial charge in [-0.05, 0) is 48.7 Å². The van der Waals surface area contributed by atoms with Crippen LogP contribution in [0.5, 0.6) is 17.2 Å². The molecule has 22 heavy (non-hydrogen) atoms. The SMILES string of the molecule is CCCc1c(C(N)=O)ccc(Oc2cccc(OC)c2)c1C. The molecular formula is C18H21NO3. The van der Waals surface area contributed by atoms with Crippen molar-refractivity contribution in [2.75, 3.05) is 7.11 Å². The smallest absolute Gasteiger partial charge is 0.248 e. The minimum atomic E-state index is -0.403. The van der Waals surface area contributed by atoms with Crippen LogP contribution in [-0.2, 0) is 6.42 Å². The number of benzene rings is 2. The van der Waals surface area contributed by atoms with Crippen molar-refractivity contribution in [3.63, 3.8) is 0 Å². The zero-order chi connectivity index (χ0) is 16.1. The van der Waals surface area contributed by atoms with Crippen LogP contribution in [-0.4, -0.2) is 13.0 Å². The maximum absolute atomic E-state index is 11.6. The van der Waals surface area contributed by atoms with Crippen molar-refractivity contribution in [1.82, 2.24) is 0 Å². The fourth-order valence-corrected chi connectivity index (χ4v) is 2.44. The molecule has 116 valence electrons. The lowest BCUT2D eigenvalue weighted by molar-refractivity contribution is 0.0999. The molecular weight excluding hydrogens is 278 g/mol. The summed E-state index contributed by atoms with van der Waals surface area (Å²) in [6.07, 6.45) is 1.73. The van der Waals surface area contributed by atoms with Crippen LogP contribution in [0.3, 0.4) is 0 Å². The zero-order valence-corrected chi connectivity index (χ0v) is 13.2. The molecule has 0 saturated carbocycles. The number of ether oxygens (including phenoxy) is 2. The Morgan fingerprint density at radius 2 is 1.91 bits per heavy atom. The maximum atomic E-state index is 11.6. The number of rotatable bonds is 6. The summed E-state index contributed by atoms with van der Waals surface area (Å²) in [7, 11) is 1.62. The first-order chi connectivity index (χ1) is 10.6. The molecule has 1 amide bonds. The second kappa shape index (κ2) is 6.98. The van der Waals surface area contributed by atoms with Crippen LogP contribution >= 0.6 is 0 Å². The van der Waals surface area contributed by atoms with Crippen LogP contribution < -0.4 is 15.2 Å². The van der Waals surface area contributed by atoms with Crippen molar-refractivity contribution < 1.29 is 14.3 Å². The summed E-state index contributed by atoms with van der Waals surface area (Å²) in [5.41, 5.74) is 7.92. The Morgan fingerprint density at radius 3 is 2.55 bits per heavy atom. The highest BCUT2D eigenvalue weighted by Gasteiger charge is 2.14. The van der Waals surface area contributed by atoms with Crippen LogP contribution in [0.25, 0.3) is 0 Å². The Labute approximate surface area is 130 Å². The summed E-state index contributed by atoms with van der Waals surface area (Å²) in [6, 6.07) is 10.9. The first kappa shape index (κ1) is 15.9. The van der Waals surface area contributed by atoms with Crippen molar-refractivity contribution >= 4 is 5.91 Å². The number of hydrogen-bond acceptors (Lipinski definition) is 3. The normalized spacial score (nSPS) is 10.3. The third-order valence-electron chi connectivity index (χ3n) is 3.58. The van der Waals surface area contributed by atoms with Gasteiger partial charge in [0.15, 0.2) is 0 Å². The molecule has 0 unspecified atom stereocenters. The van der Waals surface area contributed by atoms with E-state index in [9.17, 15) is 4.79 Å². The molecule has 0 spiro atoms. The van der Waals surface area contributed by atoms with Gasteiger partial charge in [-0.2, -0.15) is 0 Å². The molecule has 0 aliphatic heterocycles. The number of carbonyl (C=O) groups excluding carboxylic acids is 1. The molecule has 4 nitrogen and oxygen atoms in total. The molecule has 0 aliphatic carbocycles. The number of hydrogen-bond donors (Lipinski definition) is 1. The first-order valence-electron chi connectivity index (χ1n) is 7.31. The van der Waals surface area contributed by atoms with E-state index in [2.05, 4.69) is 6.92 Å². The van der Waals surface area contributed by atoms with E-state index >= 15 is 0 Å². The lowest BCUT2D eigenvalue weighted by atomic mass is 9.96. The topological polar surface area (TPSA) is 61.6 Å². The summed E-state index contributed by atoms with van der Waals surface area (Å²) in [6.45, 7) is 4.02. The van der Waals surface area contributed by atoms with Crippen LogP contribution in [0.15, 0.2) is 36.4 Å². The Hall–Kier alpha value is -2.49. The fraction of sp³-hybridized carbons (Fsp3) is 0.278. The van der Waals surface area contributed by atoms with Crippen LogP contribution in [0.1, 0.15) is 34.8 Å². The van der Waals surface area contributed by atoms with Crippen molar-refractivity contribution in [3.8, 4) is 17.2 Å². The van der Waals surface area contributed by atoms with Gasteiger partial charge in [0.05, 0.1) is 7.11 Å². The lowest BCUT2D eigenvalue weighted by Crippen LogP contribution is -2.15. The molecule has 0 aromatic heterocycles. The number of carbonyl (C=O) groups is 1. The van der Waals surface area contributed by atoms with E-state index in [0.29, 0.717) is 11.3 Å². The largest absolute Gasteiger partial charge is 0.497 e. The lowest BCUT2D eigenvalue weighted by Gasteiger charge is -2.15. The van der Waals surface area contributed by atoms with E-state index in [4.69, 9.17) is 15.2 Å². The van der Waals surface area contributed by atoms with Gasteiger partial charge in [0.25, 0.3) is 0 Å². The van der Waals surface area contributed by atoms with E-state index in [0.717, 1.165) is 35.5 Å². The van der Waals surface area contributed by atoms with Crippen molar-refractivity contribution in [2.24, 2.45) is 5.73 Å². The second-order valence-corrected chi connectivity index (χ2v) is 5.11. The quantitative estimate of drug-likeness (QED) is 0.881. The van der Waals surface area contributed by atoms with Crippen molar-refractivity contribution in [3.05, 3.63) is 53.1 Å². The summed E-state index contributed by atoms with van der Waals surface area (Å²) >= 11 is 0. The molecule has 0 radical (unpaired) electrons. The van der Waals surface area contributed by atoms with Gasteiger partial charge in [0, 0.05) is 11.6 Å². The van der Waals surface area contributed by atoms with Gasteiger partial charge in [-0.15, -0.1) is 0 Å². The number of methoxy groups -OCH3 is 1. The molecule has 0 bridgehead atoms. The Kier molecular flexibility index (Phi) is 5.04. The van der Waals surface area contributed by atoms with Crippen LogP contribution in [0, 0.1) is 6.92 Å². The average molecular weight is 299 g/mol. The molecule has 2 aromatic rings. The van der Waals surface area contributed by atoms with Gasteiger partial charge >= 0.3 is 0 Å². The highest BCUT2D eigenvalue weighted by molar-refractivity contribution is 5.95. The number of primary amides is 1. The molecule has 0 atom stereocenters. The van der Waals surface area contributed by atoms with Gasteiger partial charge in [-0.1, -0.05) is 19.4 Å². The average Bonchev–Trinajstić information content (AvgIpc) is 2.51. The summed E-state index contributed by atoms with van der Waals surface area (Å²) in [5, 5.41) is 0. The third-order valence-corrected chi connectivity index (χ3v) is 3.58. The summed E-state index contributed by atoms with van der Waals surface area (Å²) < 4.78 is 11.1. The number of amides is 1. The number of nitrogens with two attached hydrogens (primary N) is 1. The molecule has 0 aliphatic rings. The zero-order valence-electron chi connectivity index (χ0n) is 13.2. The molecule has 0 fully saturated rings. The Morgan fingerprint density at radius 1 is 1.18 bits per heavy atom. The summed E-state index contributed by atoms with van der Waals surface area (Å²) in [5.74, 6) is 1.75. The summed E-state index contributed by atoms with van der Waals surface area (Å²) in [4.78, 5) is 11.6. The molecule has 0 heterocycles. The molecule has 0 saturated heterocycles. The van der Waals surface area contributed by atoms with E-state index < -0.39 is 5.91 Å².